The summed E-state index contributed by atoms with van der Waals surface area (Å²) in [6, 6.07) is 2.95. The van der Waals surface area contributed by atoms with Crippen molar-refractivity contribution in [1.29, 1.82) is 0 Å². The second kappa shape index (κ2) is 11.7. The number of thioether (sulfide) groups is 1. The number of anilines is 1. The quantitative estimate of drug-likeness (QED) is 0.298. The summed E-state index contributed by atoms with van der Waals surface area (Å²) < 4.78 is 53.1. The summed E-state index contributed by atoms with van der Waals surface area (Å²) >= 11 is 1.32. The minimum absolute atomic E-state index is 0.0815. The predicted octanol–water partition coefficient (Wildman–Crippen LogP) is 4.11. The van der Waals surface area contributed by atoms with Crippen molar-refractivity contribution in [3.63, 3.8) is 0 Å². The summed E-state index contributed by atoms with van der Waals surface area (Å²) in [5.41, 5.74) is 0.594. The number of benzene rings is 1. The molecule has 34 heavy (non-hydrogen) atoms. The molecule has 0 radical (unpaired) electrons. The number of likely N-dealkylation sites (N-methyl/N-ethyl adjacent to an activating group) is 1. The van der Waals surface area contributed by atoms with Crippen molar-refractivity contribution >= 4 is 33.4 Å². The van der Waals surface area contributed by atoms with Gasteiger partial charge in [0.05, 0.1) is 10.6 Å². The Bertz CT molecular complexity index is 1010. The first-order chi connectivity index (χ1) is 16.2. The largest absolute Gasteiger partial charge is 0.476 e. The van der Waals surface area contributed by atoms with E-state index < -0.39 is 21.8 Å². The topological polar surface area (TPSA) is 96.4 Å². The molecule has 2 aliphatic rings. The Morgan fingerprint density at radius 1 is 1.35 bits per heavy atom. The van der Waals surface area contributed by atoms with Gasteiger partial charge in [0.2, 0.25) is 15.9 Å². The fourth-order valence-electron chi connectivity index (χ4n) is 4.35. The third kappa shape index (κ3) is 6.05. The van der Waals surface area contributed by atoms with Gasteiger partial charge in [-0.05, 0) is 37.5 Å². The third-order valence-corrected chi connectivity index (χ3v) is 9.09. The van der Waals surface area contributed by atoms with Crippen LogP contribution in [0.2, 0.25) is 0 Å². The molecule has 1 fully saturated rings. The first kappa shape index (κ1) is 26.8. The molecule has 1 saturated heterocycles. The highest BCUT2D eigenvalue weighted by Crippen LogP contribution is 2.41. The molecule has 0 aliphatic carbocycles. The van der Waals surface area contributed by atoms with Gasteiger partial charge >= 0.3 is 5.97 Å². The number of halogens is 1. The van der Waals surface area contributed by atoms with Crippen LogP contribution in [0, 0.1) is 5.92 Å². The van der Waals surface area contributed by atoms with Crippen molar-refractivity contribution in [3.05, 3.63) is 24.2 Å². The van der Waals surface area contributed by atoms with Crippen LogP contribution >= 0.6 is 11.8 Å². The highest BCUT2D eigenvalue weighted by molar-refractivity contribution is 7.98. The van der Waals surface area contributed by atoms with E-state index in [0.29, 0.717) is 49.1 Å². The number of nitrogens with zero attached hydrogens (tertiary/aromatic N) is 2. The fourth-order valence-corrected chi connectivity index (χ4v) is 6.47. The summed E-state index contributed by atoms with van der Waals surface area (Å²) in [6.07, 6.45) is 6.75. The molecule has 190 valence electrons. The lowest BCUT2D eigenvalue weighted by molar-refractivity contribution is -0.134. The molecule has 0 aromatic heterocycles. The number of hydrogen-bond donors (Lipinski definition) is 1. The van der Waals surface area contributed by atoms with E-state index in [1.54, 1.807) is 19.4 Å². The fraction of sp³-hybridized carbons (Fsp3) is 0.609. The van der Waals surface area contributed by atoms with Gasteiger partial charge in [-0.15, -0.1) is 11.8 Å². The van der Waals surface area contributed by atoms with Gasteiger partial charge in [-0.3, -0.25) is 0 Å². The van der Waals surface area contributed by atoms with Crippen molar-refractivity contribution in [3.8, 4) is 5.75 Å². The van der Waals surface area contributed by atoms with Crippen LogP contribution in [0.1, 0.15) is 39.0 Å². The van der Waals surface area contributed by atoms with Crippen LogP contribution in [-0.4, -0.2) is 69.4 Å². The Labute approximate surface area is 205 Å². The average Bonchev–Trinajstić information content (AvgIpc) is 2.90. The molecule has 1 aromatic rings. The molecule has 0 amide bonds. The minimum atomic E-state index is -3.87. The van der Waals surface area contributed by atoms with Gasteiger partial charge in [0.25, 0.3) is 0 Å². The SMILES string of the molecule is CCCC[C@@H]1CN(CC2CCOCC2)c2cc(SC)c(O/C=C(\F)C(=O)O)cc2S(=O)(=O)N1C. The van der Waals surface area contributed by atoms with E-state index in [9.17, 15) is 17.6 Å². The van der Waals surface area contributed by atoms with E-state index in [4.69, 9.17) is 14.6 Å². The van der Waals surface area contributed by atoms with Gasteiger partial charge in [0.1, 0.15) is 16.9 Å². The number of carboxylic acids is 1. The summed E-state index contributed by atoms with van der Waals surface area (Å²) in [5, 5.41) is 8.78. The van der Waals surface area contributed by atoms with Crippen molar-refractivity contribution in [2.24, 2.45) is 5.92 Å². The standard InChI is InChI=1S/C23H33FN2O6S2/c1-4-5-6-17-14-26(13-16-7-9-31-10-8-16)19-11-21(33-3)20(32-15-18(24)23(27)28)12-22(19)34(29,30)25(17)2/h11-12,15-17H,4-10,13-14H2,1-3H3,(H,27,28)/b18-15-/t17-/m1/s1. The molecule has 1 atom stereocenters. The molecule has 2 aliphatic heterocycles. The van der Waals surface area contributed by atoms with Crippen LogP contribution in [0.25, 0.3) is 0 Å². The molecule has 0 saturated carbocycles. The van der Waals surface area contributed by atoms with Crippen molar-refractivity contribution < 1.29 is 32.2 Å². The molecule has 1 N–H and O–H groups in total. The molecule has 0 bridgehead atoms. The molecular weight excluding hydrogens is 483 g/mol. The highest BCUT2D eigenvalue weighted by atomic mass is 32.2. The zero-order chi connectivity index (χ0) is 24.9. The number of unbranched alkanes of at least 4 members (excludes halogenated alkanes) is 1. The van der Waals surface area contributed by atoms with Crippen LogP contribution in [0.4, 0.5) is 10.1 Å². The molecular formula is C23H33FN2O6S2. The van der Waals surface area contributed by atoms with Crippen molar-refractivity contribution in [2.45, 2.75) is 54.9 Å². The zero-order valence-electron chi connectivity index (χ0n) is 19.8. The van der Waals surface area contributed by atoms with Gasteiger partial charge in [-0.2, -0.15) is 8.70 Å². The Morgan fingerprint density at radius 2 is 2.06 bits per heavy atom. The number of carboxylic acid groups (broad SMARTS) is 1. The summed E-state index contributed by atoms with van der Waals surface area (Å²) in [6.45, 7) is 4.77. The van der Waals surface area contributed by atoms with E-state index >= 15 is 0 Å². The monoisotopic (exact) mass is 516 g/mol. The van der Waals surface area contributed by atoms with E-state index in [-0.39, 0.29) is 16.7 Å². The number of rotatable bonds is 9. The maximum Gasteiger partial charge on any atom is 0.368 e. The number of carbonyl (C=O) groups is 1. The Hall–Kier alpha value is -1.82. The third-order valence-electron chi connectivity index (χ3n) is 6.39. The van der Waals surface area contributed by atoms with Gasteiger partial charge in [-0.25, -0.2) is 13.2 Å². The molecule has 0 spiro atoms. The molecule has 8 nitrogen and oxygen atoms in total. The van der Waals surface area contributed by atoms with Gasteiger partial charge in [-0.1, -0.05) is 19.8 Å². The maximum absolute atomic E-state index is 13.7. The van der Waals surface area contributed by atoms with E-state index in [1.807, 2.05) is 0 Å². The predicted molar refractivity (Wildman–Crippen MR) is 130 cm³/mol. The number of sulfonamides is 1. The molecule has 11 heteroatoms. The molecule has 0 unspecified atom stereocenters. The first-order valence-electron chi connectivity index (χ1n) is 11.5. The zero-order valence-corrected chi connectivity index (χ0v) is 21.5. The van der Waals surface area contributed by atoms with Crippen LogP contribution < -0.4 is 9.64 Å². The number of ether oxygens (including phenoxy) is 2. The van der Waals surface area contributed by atoms with Gasteiger partial charge < -0.3 is 19.5 Å². The van der Waals surface area contributed by atoms with Gasteiger partial charge in [0.15, 0.2) is 0 Å². The van der Waals surface area contributed by atoms with Gasteiger partial charge in [0, 0.05) is 45.5 Å². The Morgan fingerprint density at radius 3 is 2.68 bits per heavy atom. The van der Waals surface area contributed by atoms with Crippen LogP contribution in [0.3, 0.4) is 0 Å². The summed E-state index contributed by atoms with van der Waals surface area (Å²) in [7, 11) is -2.26. The highest BCUT2D eigenvalue weighted by Gasteiger charge is 2.37. The summed E-state index contributed by atoms with van der Waals surface area (Å²) in [5.74, 6) is -2.74. The van der Waals surface area contributed by atoms with Crippen LogP contribution in [0.15, 0.2) is 34.0 Å². The van der Waals surface area contributed by atoms with E-state index in [1.165, 1.54) is 22.1 Å². The Kier molecular flexibility index (Phi) is 9.25. The van der Waals surface area contributed by atoms with Crippen molar-refractivity contribution in [2.75, 3.05) is 44.5 Å². The lowest BCUT2D eigenvalue weighted by Crippen LogP contribution is -2.43. The number of aliphatic carboxylic acids is 1. The normalized spacial score (nSPS) is 21.7. The Balaban J connectivity index is 2.09. The summed E-state index contributed by atoms with van der Waals surface area (Å²) in [4.78, 5) is 13.6. The van der Waals surface area contributed by atoms with Crippen LogP contribution in [-0.2, 0) is 19.6 Å². The lowest BCUT2D eigenvalue weighted by atomic mass is 9.98. The number of fused-ring (bicyclic) bond motifs is 1. The van der Waals surface area contributed by atoms with E-state index in [2.05, 4.69) is 11.8 Å². The second-order valence-corrected chi connectivity index (χ2v) is 11.5. The van der Waals surface area contributed by atoms with Crippen LogP contribution in [0.5, 0.6) is 5.75 Å². The second-order valence-electron chi connectivity index (χ2n) is 8.64. The molecule has 3 rings (SSSR count). The number of hydrogen-bond acceptors (Lipinski definition) is 7. The van der Waals surface area contributed by atoms with E-state index in [0.717, 1.165) is 32.1 Å². The first-order valence-corrected chi connectivity index (χ1v) is 14.1. The minimum Gasteiger partial charge on any atom is -0.476 e. The molecule has 1 aromatic carbocycles. The smallest absolute Gasteiger partial charge is 0.368 e. The maximum atomic E-state index is 13.7. The van der Waals surface area contributed by atoms with Crippen molar-refractivity contribution in [1.82, 2.24) is 4.31 Å². The molecule has 2 heterocycles. The lowest BCUT2D eigenvalue weighted by Gasteiger charge is -2.33. The average molecular weight is 517 g/mol.